The Morgan fingerprint density at radius 2 is 1.64 bits per heavy atom. The van der Waals surface area contributed by atoms with Gasteiger partial charge in [-0.2, -0.15) is 0 Å². The van der Waals surface area contributed by atoms with Gasteiger partial charge in [-0.1, -0.05) is 55.7 Å². The van der Waals surface area contributed by atoms with Gasteiger partial charge in [0.25, 0.3) is 11.8 Å². The molecule has 0 aromatic heterocycles. The normalized spacial score (nSPS) is 14.7. The van der Waals surface area contributed by atoms with E-state index in [-0.39, 0.29) is 23.9 Å². The summed E-state index contributed by atoms with van der Waals surface area (Å²) in [6.07, 6.45) is 5.69. The number of nitrogens with one attached hydrogen (secondary N) is 1. The fourth-order valence-electron chi connectivity index (χ4n) is 3.74. The molecule has 1 aliphatic rings. The molecule has 1 fully saturated rings. The summed E-state index contributed by atoms with van der Waals surface area (Å²) in [6, 6.07) is 17.4. The van der Waals surface area contributed by atoms with Crippen LogP contribution in [0.2, 0.25) is 0 Å². The smallest absolute Gasteiger partial charge is 0.254 e. The summed E-state index contributed by atoms with van der Waals surface area (Å²) >= 11 is 0. The lowest BCUT2D eigenvalue weighted by atomic mass is 9.95. The average molecular weight is 379 g/mol. The van der Waals surface area contributed by atoms with Crippen molar-refractivity contribution >= 4 is 11.8 Å². The molecule has 1 saturated carbocycles. The van der Waals surface area contributed by atoms with Crippen LogP contribution in [0.4, 0.5) is 0 Å². The molecule has 1 aliphatic carbocycles. The van der Waals surface area contributed by atoms with Crippen LogP contribution < -0.4 is 5.32 Å². The Morgan fingerprint density at radius 1 is 0.964 bits per heavy atom. The number of hydrogen-bond acceptors (Lipinski definition) is 2. The average Bonchev–Trinajstić information content (AvgIpc) is 2.73. The van der Waals surface area contributed by atoms with Crippen LogP contribution in [0.1, 0.15) is 72.2 Å². The van der Waals surface area contributed by atoms with Gasteiger partial charge < -0.3 is 10.2 Å². The Labute approximate surface area is 167 Å². The van der Waals surface area contributed by atoms with E-state index in [1.165, 1.54) is 19.3 Å². The quantitative estimate of drug-likeness (QED) is 0.785. The Hall–Kier alpha value is -2.62. The fraction of sp³-hybridized carbons (Fsp3) is 0.417. The third kappa shape index (κ3) is 5.22. The monoisotopic (exact) mass is 378 g/mol. The maximum atomic E-state index is 13.1. The highest BCUT2D eigenvalue weighted by molar-refractivity contribution is 5.99. The van der Waals surface area contributed by atoms with Crippen molar-refractivity contribution in [3.63, 3.8) is 0 Å². The molecule has 0 aliphatic heterocycles. The maximum Gasteiger partial charge on any atom is 0.254 e. The second-order valence-electron chi connectivity index (χ2n) is 7.90. The Balaban J connectivity index is 1.73. The largest absolute Gasteiger partial charge is 0.349 e. The van der Waals surface area contributed by atoms with E-state index in [1.807, 2.05) is 49.1 Å². The first-order valence-corrected chi connectivity index (χ1v) is 10.3. The van der Waals surface area contributed by atoms with Gasteiger partial charge in [0.1, 0.15) is 0 Å². The number of hydrogen-bond donors (Lipinski definition) is 1. The summed E-state index contributed by atoms with van der Waals surface area (Å²) in [4.78, 5) is 27.6. The molecule has 0 saturated heterocycles. The number of carbonyl (C=O) groups is 2. The van der Waals surface area contributed by atoms with Crippen molar-refractivity contribution in [2.24, 2.45) is 0 Å². The van der Waals surface area contributed by atoms with E-state index >= 15 is 0 Å². The number of nitrogens with zero attached hydrogens (tertiary/aromatic N) is 1. The molecule has 2 amide bonds. The fourth-order valence-corrected chi connectivity index (χ4v) is 3.74. The van der Waals surface area contributed by atoms with Crippen molar-refractivity contribution in [1.29, 1.82) is 0 Å². The molecular formula is C24H30N2O2. The molecule has 3 rings (SSSR count). The molecule has 4 heteroatoms. The molecule has 0 spiro atoms. The van der Waals surface area contributed by atoms with Crippen LogP contribution in [0.25, 0.3) is 0 Å². The number of rotatable bonds is 6. The zero-order valence-corrected chi connectivity index (χ0v) is 16.9. The minimum atomic E-state index is -0.0827. The van der Waals surface area contributed by atoms with Gasteiger partial charge >= 0.3 is 0 Å². The van der Waals surface area contributed by atoms with E-state index in [0.29, 0.717) is 17.7 Å². The van der Waals surface area contributed by atoms with Crippen molar-refractivity contribution in [2.45, 2.75) is 64.6 Å². The van der Waals surface area contributed by atoms with Crippen LogP contribution in [-0.4, -0.2) is 28.8 Å². The predicted octanol–water partition coefficient (Wildman–Crippen LogP) is 4.80. The lowest BCUT2D eigenvalue weighted by Crippen LogP contribution is -2.37. The number of carbonyl (C=O) groups excluding carboxylic acids is 2. The SMILES string of the molecule is CC(C)N(Cc1ccccc1)C(=O)c1cccc(C(=O)NC2CCCCC2)c1. The molecule has 0 heterocycles. The molecule has 1 N–H and O–H groups in total. The van der Waals surface area contributed by atoms with Gasteiger partial charge in [0.15, 0.2) is 0 Å². The van der Waals surface area contributed by atoms with Crippen molar-refractivity contribution < 1.29 is 9.59 Å². The highest BCUT2D eigenvalue weighted by Gasteiger charge is 2.21. The van der Waals surface area contributed by atoms with Gasteiger partial charge in [0, 0.05) is 29.8 Å². The zero-order valence-electron chi connectivity index (χ0n) is 16.9. The molecular weight excluding hydrogens is 348 g/mol. The van der Waals surface area contributed by atoms with Crippen LogP contribution in [-0.2, 0) is 6.54 Å². The minimum Gasteiger partial charge on any atom is -0.349 e. The lowest BCUT2D eigenvalue weighted by molar-refractivity contribution is 0.0690. The Kier molecular flexibility index (Phi) is 6.85. The molecule has 2 aromatic rings. The molecule has 0 atom stereocenters. The van der Waals surface area contributed by atoms with Crippen molar-refractivity contribution in [3.8, 4) is 0 Å². The van der Waals surface area contributed by atoms with Gasteiger partial charge in [0.05, 0.1) is 0 Å². The van der Waals surface area contributed by atoms with E-state index in [2.05, 4.69) is 5.32 Å². The number of benzene rings is 2. The third-order valence-electron chi connectivity index (χ3n) is 5.39. The van der Waals surface area contributed by atoms with E-state index in [0.717, 1.165) is 18.4 Å². The van der Waals surface area contributed by atoms with E-state index in [9.17, 15) is 9.59 Å². The molecule has 28 heavy (non-hydrogen) atoms. The van der Waals surface area contributed by atoms with E-state index < -0.39 is 0 Å². The van der Waals surface area contributed by atoms with E-state index in [4.69, 9.17) is 0 Å². The van der Waals surface area contributed by atoms with Gasteiger partial charge in [-0.05, 0) is 50.5 Å². The van der Waals surface area contributed by atoms with Crippen LogP contribution in [0, 0.1) is 0 Å². The molecule has 4 nitrogen and oxygen atoms in total. The first kappa shape index (κ1) is 20.1. The summed E-state index contributed by atoms with van der Waals surface area (Å²) < 4.78 is 0. The summed E-state index contributed by atoms with van der Waals surface area (Å²) in [5.41, 5.74) is 2.21. The summed E-state index contributed by atoms with van der Waals surface area (Å²) in [6.45, 7) is 4.58. The van der Waals surface area contributed by atoms with Crippen LogP contribution in [0.15, 0.2) is 54.6 Å². The summed E-state index contributed by atoms with van der Waals surface area (Å²) in [5, 5.41) is 3.13. The van der Waals surface area contributed by atoms with Crippen LogP contribution in [0.3, 0.4) is 0 Å². The summed E-state index contributed by atoms with van der Waals surface area (Å²) in [5.74, 6) is -0.133. The van der Waals surface area contributed by atoms with Gasteiger partial charge in [-0.25, -0.2) is 0 Å². The number of amides is 2. The van der Waals surface area contributed by atoms with Gasteiger partial charge in [0.2, 0.25) is 0 Å². The van der Waals surface area contributed by atoms with Crippen molar-refractivity contribution in [2.75, 3.05) is 0 Å². The Bertz CT molecular complexity index is 795. The highest BCUT2D eigenvalue weighted by atomic mass is 16.2. The molecule has 148 valence electrons. The maximum absolute atomic E-state index is 13.1. The zero-order chi connectivity index (χ0) is 19.9. The van der Waals surface area contributed by atoms with Crippen molar-refractivity contribution in [1.82, 2.24) is 10.2 Å². The lowest BCUT2D eigenvalue weighted by Gasteiger charge is -2.27. The topological polar surface area (TPSA) is 49.4 Å². The Morgan fingerprint density at radius 3 is 2.32 bits per heavy atom. The minimum absolute atomic E-state index is 0.0498. The van der Waals surface area contributed by atoms with E-state index in [1.54, 1.807) is 24.3 Å². The highest BCUT2D eigenvalue weighted by Crippen LogP contribution is 2.19. The van der Waals surface area contributed by atoms with Crippen LogP contribution in [0.5, 0.6) is 0 Å². The molecule has 0 unspecified atom stereocenters. The first-order chi connectivity index (χ1) is 13.5. The third-order valence-corrected chi connectivity index (χ3v) is 5.39. The van der Waals surface area contributed by atoms with Crippen LogP contribution >= 0.6 is 0 Å². The first-order valence-electron chi connectivity index (χ1n) is 10.3. The molecule has 0 radical (unpaired) electrons. The van der Waals surface area contributed by atoms with Gasteiger partial charge in [-0.15, -0.1) is 0 Å². The predicted molar refractivity (Wildman–Crippen MR) is 112 cm³/mol. The standard InChI is InChI=1S/C24H30N2O2/c1-18(2)26(17-19-10-5-3-6-11-19)24(28)21-13-9-12-20(16-21)23(27)25-22-14-7-4-8-15-22/h3,5-6,9-13,16,18,22H,4,7-8,14-15,17H2,1-2H3,(H,25,27). The van der Waals surface area contributed by atoms with Gasteiger partial charge in [-0.3, -0.25) is 9.59 Å². The van der Waals surface area contributed by atoms with Crippen molar-refractivity contribution in [3.05, 3.63) is 71.3 Å². The second-order valence-corrected chi connectivity index (χ2v) is 7.90. The molecule has 2 aromatic carbocycles. The summed E-state index contributed by atoms with van der Waals surface area (Å²) in [7, 11) is 0. The molecule has 0 bridgehead atoms. The second kappa shape index (κ2) is 9.54.